The molecule has 0 amide bonds. The van der Waals surface area contributed by atoms with Gasteiger partial charge in [0.05, 0.1) is 12.2 Å². The van der Waals surface area contributed by atoms with Gasteiger partial charge in [-0.3, -0.25) is 14.3 Å². The predicted molar refractivity (Wildman–Crippen MR) is 89.3 cm³/mol. The quantitative estimate of drug-likeness (QED) is 0.814. The maximum Gasteiger partial charge on any atom is 0.330 e. The van der Waals surface area contributed by atoms with Gasteiger partial charge in [0.15, 0.2) is 12.5 Å². The zero-order valence-corrected chi connectivity index (χ0v) is 14.7. The van der Waals surface area contributed by atoms with Crippen molar-refractivity contribution in [3.8, 4) is 0 Å². The molecule has 140 valence electrons. The molecule has 0 aromatic carbocycles. The SMILES string of the molecule is CC[C@@]1(CO)C[C@@](C)(OC2CCCCO2)[C@H](n2ccc(=O)[nH]c2=O)O1. The molecule has 4 atom stereocenters. The average Bonchev–Trinajstić information content (AvgIpc) is 2.89. The molecule has 8 nitrogen and oxygen atoms in total. The number of H-pyrrole nitrogens is 1. The molecule has 0 radical (unpaired) electrons. The van der Waals surface area contributed by atoms with E-state index < -0.39 is 28.7 Å². The standard InChI is InChI=1S/C17H26N2O6/c1-3-17(11-20)10-16(2,24-13-6-4-5-9-23-13)14(25-17)19-8-7-12(21)18-15(19)22/h7-8,13-14,20H,3-6,9-11H2,1-2H3,(H,18,21,22)/t13?,14-,16-,17+/m1/s1. The normalized spacial score (nSPS) is 35.8. The van der Waals surface area contributed by atoms with E-state index >= 15 is 0 Å². The molecule has 0 spiro atoms. The van der Waals surface area contributed by atoms with Crippen molar-refractivity contribution in [2.45, 2.75) is 69.7 Å². The Labute approximate surface area is 145 Å². The molecule has 0 bridgehead atoms. The number of aromatic nitrogens is 2. The van der Waals surface area contributed by atoms with Crippen LogP contribution >= 0.6 is 0 Å². The van der Waals surface area contributed by atoms with Crippen LogP contribution < -0.4 is 11.2 Å². The number of rotatable bonds is 5. The molecular formula is C17H26N2O6. The summed E-state index contributed by atoms with van der Waals surface area (Å²) in [5.41, 5.74) is -2.71. The van der Waals surface area contributed by atoms with Gasteiger partial charge in [0.1, 0.15) is 5.60 Å². The Morgan fingerprint density at radius 1 is 1.44 bits per heavy atom. The van der Waals surface area contributed by atoms with E-state index in [1.54, 1.807) is 0 Å². The molecule has 2 aliphatic rings. The van der Waals surface area contributed by atoms with Crippen molar-refractivity contribution < 1.29 is 19.3 Å². The number of aliphatic hydroxyl groups is 1. The Morgan fingerprint density at radius 2 is 2.24 bits per heavy atom. The molecular weight excluding hydrogens is 328 g/mol. The fourth-order valence-electron chi connectivity index (χ4n) is 3.71. The topological polar surface area (TPSA) is 103 Å². The molecule has 1 aromatic rings. The lowest BCUT2D eigenvalue weighted by Crippen LogP contribution is -2.44. The third-order valence-corrected chi connectivity index (χ3v) is 5.13. The second kappa shape index (κ2) is 7.03. The van der Waals surface area contributed by atoms with Gasteiger partial charge in [0, 0.05) is 25.3 Å². The highest BCUT2D eigenvalue weighted by Crippen LogP contribution is 2.48. The van der Waals surface area contributed by atoms with Crippen molar-refractivity contribution in [2.24, 2.45) is 0 Å². The van der Waals surface area contributed by atoms with Crippen LogP contribution in [0.15, 0.2) is 21.9 Å². The fraction of sp³-hybridized carbons (Fsp3) is 0.765. The molecule has 3 rings (SSSR count). The van der Waals surface area contributed by atoms with Gasteiger partial charge >= 0.3 is 5.69 Å². The van der Waals surface area contributed by atoms with E-state index in [-0.39, 0.29) is 12.9 Å². The number of nitrogens with zero attached hydrogens (tertiary/aromatic N) is 1. The number of aromatic amines is 1. The largest absolute Gasteiger partial charge is 0.393 e. The van der Waals surface area contributed by atoms with Gasteiger partial charge in [0.2, 0.25) is 0 Å². The Kier molecular flexibility index (Phi) is 5.15. The van der Waals surface area contributed by atoms with Crippen molar-refractivity contribution in [1.29, 1.82) is 0 Å². The zero-order chi connectivity index (χ0) is 18.1. The summed E-state index contributed by atoms with van der Waals surface area (Å²) in [7, 11) is 0. The minimum Gasteiger partial charge on any atom is -0.393 e. The van der Waals surface area contributed by atoms with Crippen molar-refractivity contribution >= 4 is 0 Å². The van der Waals surface area contributed by atoms with E-state index in [0.29, 0.717) is 19.4 Å². The molecule has 1 unspecified atom stereocenters. The van der Waals surface area contributed by atoms with Gasteiger partial charge in [-0.05, 0) is 32.6 Å². The summed E-state index contributed by atoms with van der Waals surface area (Å²) in [6.07, 6.45) is 4.06. The molecule has 1 aromatic heterocycles. The van der Waals surface area contributed by atoms with Gasteiger partial charge in [-0.15, -0.1) is 0 Å². The zero-order valence-electron chi connectivity index (χ0n) is 14.7. The van der Waals surface area contributed by atoms with E-state index in [0.717, 1.165) is 19.3 Å². The molecule has 2 N–H and O–H groups in total. The van der Waals surface area contributed by atoms with Crippen LogP contribution in [0.2, 0.25) is 0 Å². The highest BCUT2D eigenvalue weighted by molar-refractivity contribution is 5.02. The molecule has 2 fully saturated rings. The number of aliphatic hydroxyl groups excluding tert-OH is 1. The number of ether oxygens (including phenoxy) is 3. The summed E-state index contributed by atoms with van der Waals surface area (Å²) < 4.78 is 19.4. The summed E-state index contributed by atoms with van der Waals surface area (Å²) in [5, 5.41) is 9.88. The highest BCUT2D eigenvalue weighted by Gasteiger charge is 2.55. The van der Waals surface area contributed by atoms with Crippen molar-refractivity contribution in [3.63, 3.8) is 0 Å². The number of nitrogens with one attached hydrogen (secondary N) is 1. The maximum atomic E-state index is 12.3. The molecule has 25 heavy (non-hydrogen) atoms. The van der Waals surface area contributed by atoms with Crippen molar-refractivity contribution in [1.82, 2.24) is 9.55 Å². The van der Waals surface area contributed by atoms with Crippen LogP contribution in [0, 0.1) is 0 Å². The third kappa shape index (κ3) is 3.57. The second-order valence-corrected chi connectivity index (χ2v) is 7.09. The average molecular weight is 354 g/mol. The van der Waals surface area contributed by atoms with Crippen LogP contribution in [0.4, 0.5) is 0 Å². The first kappa shape index (κ1) is 18.3. The van der Waals surface area contributed by atoms with Gasteiger partial charge in [0.25, 0.3) is 5.56 Å². The summed E-state index contributed by atoms with van der Waals surface area (Å²) in [6.45, 7) is 4.25. The monoisotopic (exact) mass is 354 g/mol. The first-order chi connectivity index (χ1) is 11.9. The summed E-state index contributed by atoms with van der Waals surface area (Å²) in [5.74, 6) is 0. The number of hydrogen-bond donors (Lipinski definition) is 2. The Hall–Kier alpha value is -1.48. The van der Waals surface area contributed by atoms with Crippen LogP contribution in [-0.2, 0) is 14.2 Å². The maximum absolute atomic E-state index is 12.3. The lowest BCUT2D eigenvalue weighted by atomic mass is 9.89. The van der Waals surface area contributed by atoms with Gasteiger partial charge in [-0.25, -0.2) is 4.79 Å². The fourth-order valence-corrected chi connectivity index (χ4v) is 3.71. The molecule has 2 aliphatic heterocycles. The Bertz CT molecular complexity index is 704. The molecule has 0 saturated carbocycles. The lowest BCUT2D eigenvalue weighted by molar-refractivity contribution is -0.243. The van der Waals surface area contributed by atoms with E-state index in [1.807, 2.05) is 13.8 Å². The summed E-state index contributed by atoms with van der Waals surface area (Å²) in [6, 6.07) is 1.27. The Balaban J connectivity index is 1.96. The van der Waals surface area contributed by atoms with E-state index in [1.165, 1.54) is 16.8 Å². The first-order valence-electron chi connectivity index (χ1n) is 8.81. The minimum atomic E-state index is -0.872. The Morgan fingerprint density at radius 3 is 2.84 bits per heavy atom. The minimum absolute atomic E-state index is 0.178. The van der Waals surface area contributed by atoms with Crippen LogP contribution in [0.25, 0.3) is 0 Å². The molecule has 0 aliphatic carbocycles. The molecule has 8 heteroatoms. The van der Waals surface area contributed by atoms with Crippen molar-refractivity contribution in [3.05, 3.63) is 33.1 Å². The van der Waals surface area contributed by atoms with Gasteiger partial charge in [-0.2, -0.15) is 0 Å². The van der Waals surface area contributed by atoms with Gasteiger partial charge < -0.3 is 19.3 Å². The second-order valence-electron chi connectivity index (χ2n) is 7.09. The van der Waals surface area contributed by atoms with Crippen LogP contribution in [-0.4, -0.2) is 45.4 Å². The lowest BCUT2D eigenvalue weighted by Gasteiger charge is -2.35. The van der Waals surface area contributed by atoms with E-state index in [9.17, 15) is 14.7 Å². The smallest absolute Gasteiger partial charge is 0.330 e. The van der Waals surface area contributed by atoms with Crippen LogP contribution in [0.5, 0.6) is 0 Å². The molecule has 2 saturated heterocycles. The third-order valence-electron chi connectivity index (χ3n) is 5.13. The first-order valence-corrected chi connectivity index (χ1v) is 8.81. The summed E-state index contributed by atoms with van der Waals surface area (Å²) >= 11 is 0. The van der Waals surface area contributed by atoms with Crippen LogP contribution in [0.1, 0.15) is 52.2 Å². The highest BCUT2D eigenvalue weighted by atomic mass is 16.7. The molecule has 3 heterocycles. The summed E-state index contributed by atoms with van der Waals surface area (Å²) in [4.78, 5) is 25.9. The van der Waals surface area contributed by atoms with Crippen molar-refractivity contribution in [2.75, 3.05) is 13.2 Å². The van der Waals surface area contributed by atoms with Crippen LogP contribution in [0.3, 0.4) is 0 Å². The predicted octanol–water partition coefficient (Wildman–Crippen LogP) is 0.898. The van der Waals surface area contributed by atoms with E-state index in [4.69, 9.17) is 14.2 Å². The number of hydrogen-bond acceptors (Lipinski definition) is 6. The van der Waals surface area contributed by atoms with E-state index in [2.05, 4.69) is 4.98 Å². The van der Waals surface area contributed by atoms with Gasteiger partial charge in [-0.1, -0.05) is 6.92 Å².